The van der Waals surface area contributed by atoms with Gasteiger partial charge in [0.2, 0.25) is 0 Å². The Morgan fingerprint density at radius 1 is 1.75 bits per heavy atom. The maximum absolute atomic E-state index is 5.04. The summed E-state index contributed by atoms with van der Waals surface area (Å²) in [6.07, 6.45) is 3.16. The zero-order valence-corrected chi connectivity index (χ0v) is 7.86. The average molecular weight is 184 g/mol. The maximum Gasteiger partial charge on any atom is 0.273 e. The molecule has 2 rings (SSSR count). The molecule has 0 aromatic carbocycles. The molecule has 0 amide bonds. The lowest BCUT2D eigenvalue weighted by molar-refractivity contribution is 0.412. The van der Waals surface area contributed by atoms with Crippen molar-refractivity contribution in [1.82, 2.24) is 10.3 Å². The molecule has 2 heterocycles. The zero-order valence-electron chi connectivity index (χ0n) is 7.04. The van der Waals surface area contributed by atoms with Crippen molar-refractivity contribution in [3.63, 3.8) is 0 Å². The molecular formula is C8H12N2OS. The van der Waals surface area contributed by atoms with Crippen LogP contribution in [0, 0.1) is 0 Å². The standard InChI is InChI=1S/C8H12N2OS/c1-11-8-10-5-7(12-8)6-2-3-9-4-6/h5-6,9H,2-4H2,1H3. The van der Waals surface area contributed by atoms with E-state index < -0.39 is 0 Å². The van der Waals surface area contributed by atoms with Crippen LogP contribution >= 0.6 is 11.3 Å². The van der Waals surface area contributed by atoms with Gasteiger partial charge in [-0.05, 0) is 13.0 Å². The second-order valence-corrected chi connectivity index (χ2v) is 3.95. The number of hydrogen-bond acceptors (Lipinski definition) is 4. The highest BCUT2D eigenvalue weighted by molar-refractivity contribution is 7.13. The van der Waals surface area contributed by atoms with Crippen LogP contribution in [0.1, 0.15) is 17.2 Å². The molecule has 0 radical (unpaired) electrons. The summed E-state index contributed by atoms with van der Waals surface area (Å²) in [6.45, 7) is 2.22. The molecule has 66 valence electrons. The fourth-order valence-electron chi connectivity index (χ4n) is 1.45. The molecule has 0 aliphatic carbocycles. The SMILES string of the molecule is COc1ncc(C2CCNC2)s1. The van der Waals surface area contributed by atoms with Crippen LogP contribution < -0.4 is 10.1 Å². The largest absolute Gasteiger partial charge is 0.473 e. The Bertz CT molecular complexity index is 255. The van der Waals surface area contributed by atoms with Crippen molar-refractivity contribution in [1.29, 1.82) is 0 Å². The van der Waals surface area contributed by atoms with Gasteiger partial charge in [0.05, 0.1) is 7.11 Å². The Balaban J connectivity index is 2.11. The predicted molar refractivity (Wildman–Crippen MR) is 48.9 cm³/mol. The minimum Gasteiger partial charge on any atom is -0.473 e. The number of ether oxygens (including phenoxy) is 1. The van der Waals surface area contributed by atoms with Gasteiger partial charge in [0.15, 0.2) is 0 Å². The number of thiazole rings is 1. The molecule has 1 N–H and O–H groups in total. The van der Waals surface area contributed by atoms with E-state index in [0.717, 1.165) is 18.3 Å². The van der Waals surface area contributed by atoms with E-state index in [1.165, 1.54) is 11.3 Å². The van der Waals surface area contributed by atoms with Gasteiger partial charge in [-0.2, -0.15) is 0 Å². The quantitative estimate of drug-likeness (QED) is 0.750. The fourth-order valence-corrected chi connectivity index (χ4v) is 2.31. The smallest absolute Gasteiger partial charge is 0.273 e. The van der Waals surface area contributed by atoms with Crippen molar-refractivity contribution in [2.75, 3.05) is 20.2 Å². The van der Waals surface area contributed by atoms with Gasteiger partial charge in [0, 0.05) is 23.5 Å². The van der Waals surface area contributed by atoms with Crippen LogP contribution in [0.4, 0.5) is 0 Å². The number of hydrogen-bond donors (Lipinski definition) is 1. The average Bonchev–Trinajstić information content (AvgIpc) is 2.75. The lowest BCUT2D eigenvalue weighted by Crippen LogP contribution is -2.07. The van der Waals surface area contributed by atoms with Crippen molar-refractivity contribution in [3.8, 4) is 5.19 Å². The second-order valence-electron chi connectivity index (χ2n) is 2.92. The van der Waals surface area contributed by atoms with Gasteiger partial charge in [-0.3, -0.25) is 0 Å². The van der Waals surface area contributed by atoms with Crippen LogP contribution in [0.15, 0.2) is 6.20 Å². The van der Waals surface area contributed by atoms with Gasteiger partial charge in [0.25, 0.3) is 5.19 Å². The van der Waals surface area contributed by atoms with Crippen LogP contribution in [0.2, 0.25) is 0 Å². The highest BCUT2D eigenvalue weighted by atomic mass is 32.1. The molecule has 3 nitrogen and oxygen atoms in total. The molecule has 1 fully saturated rings. The molecule has 1 unspecified atom stereocenters. The Labute approximate surface area is 75.8 Å². The van der Waals surface area contributed by atoms with E-state index in [2.05, 4.69) is 10.3 Å². The van der Waals surface area contributed by atoms with E-state index in [1.54, 1.807) is 18.4 Å². The Hall–Kier alpha value is -0.610. The minimum atomic E-state index is 0.659. The third-order valence-corrected chi connectivity index (χ3v) is 3.26. The molecule has 1 saturated heterocycles. The van der Waals surface area contributed by atoms with Crippen LogP contribution in [0.25, 0.3) is 0 Å². The monoisotopic (exact) mass is 184 g/mol. The molecule has 0 bridgehead atoms. The number of rotatable bonds is 2. The first-order valence-corrected chi connectivity index (χ1v) is 4.92. The summed E-state index contributed by atoms with van der Waals surface area (Å²) < 4.78 is 5.04. The van der Waals surface area contributed by atoms with Gasteiger partial charge < -0.3 is 10.1 Å². The third kappa shape index (κ3) is 1.44. The third-order valence-electron chi connectivity index (χ3n) is 2.14. The Morgan fingerprint density at radius 3 is 3.25 bits per heavy atom. The predicted octanol–water partition coefficient (Wildman–Crippen LogP) is 1.23. The minimum absolute atomic E-state index is 0.659. The number of methoxy groups -OCH3 is 1. The van der Waals surface area contributed by atoms with Crippen LogP contribution in [-0.2, 0) is 0 Å². The van der Waals surface area contributed by atoms with Crippen molar-refractivity contribution >= 4 is 11.3 Å². The van der Waals surface area contributed by atoms with Gasteiger partial charge >= 0.3 is 0 Å². The number of nitrogens with one attached hydrogen (secondary N) is 1. The summed E-state index contributed by atoms with van der Waals surface area (Å²) in [5.74, 6) is 0.659. The number of nitrogens with zero attached hydrogens (tertiary/aromatic N) is 1. The topological polar surface area (TPSA) is 34.1 Å². The van der Waals surface area contributed by atoms with E-state index in [1.807, 2.05) is 6.20 Å². The molecule has 1 atom stereocenters. The normalized spacial score (nSPS) is 22.9. The summed E-state index contributed by atoms with van der Waals surface area (Å²) in [4.78, 5) is 5.49. The summed E-state index contributed by atoms with van der Waals surface area (Å²) >= 11 is 1.66. The molecule has 0 saturated carbocycles. The highest BCUT2D eigenvalue weighted by Gasteiger charge is 2.18. The first-order chi connectivity index (χ1) is 5.90. The first kappa shape index (κ1) is 8.01. The van der Waals surface area contributed by atoms with Gasteiger partial charge in [-0.25, -0.2) is 4.98 Å². The van der Waals surface area contributed by atoms with Crippen molar-refractivity contribution < 1.29 is 4.74 Å². The molecule has 1 aromatic heterocycles. The van der Waals surface area contributed by atoms with Crippen molar-refractivity contribution in [3.05, 3.63) is 11.1 Å². The molecule has 1 aromatic rings. The summed E-state index contributed by atoms with van der Waals surface area (Å²) in [5.41, 5.74) is 0. The van der Waals surface area contributed by atoms with Crippen molar-refractivity contribution in [2.24, 2.45) is 0 Å². The summed E-state index contributed by atoms with van der Waals surface area (Å²) in [5, 5.41) is 4.11. The van der Waals surface area contributed by atoms with E-state index in [4.69, 9.17) is 4.74 Å². The molecule has 4 heteroatoms. The zero-order chi connectivity index (χ0) is 8.39. The molecule has 1 aliphatic rings. The van der Waals surface area contributed by atoms with Crippen LogP contribution in [0.3, 0.4) is 0 Å². The van der Waals surface area contributed by atoms with Crippen molar-refractivity contribution in [2.45, 2.75) is 12.3 Å². The maximum atomic E-state index is 5.04. The van der Waals surface area contributed by atoms with E-state index in [0.29, 0.717) is 5.92 Å². The lowest BCUT2D eigenvalue weighted by atomic mass is 10.1. The highest BCUT2D eigenvalue weighted by Crippen LogP contribution is 2.30. The molecule has 1 aliphatic heterocycles. The molecule has 12 heavy (non-hydrogen) atoms. The van der Waals surface area contributed by atoms with Crippen LogP contribution in [-0.4, -0.2) is 25.2 Å². The van der Waals surface area contributed by atoms with Gasteiger partial charge in [-0.15, -0.1) is 0 Å². The van der Waals surface area contributed by atoms with E-state index in [9.17, 15) is 0 Å². The second kappa shape index (κ2) is 3.41. The summed E-state index contributed by atoms with van der Waals surface area (Å²) in [6, 6.07) is 0. The number of aromatic nitrogens is 1. The van der Waals surface area contributed by atoms with E-state index >= 15 is 0 Å². The Kier molecular flexibility index (Phi) is 2.28. The van der Waals surface area contributed by atoms with Gasteiger partial charge in [-0.1, -0.05) is 11.3 Å². The van der Waals surface area contributed by atoms with Crippen LogP contribution in [0.5, 0.6) is 5.19 Å². The summed E-state index contributed by atoms with van der Waals surface area (Å²) in [7, 11) is 1.66. The first-order valence-electron chi connectivity index (χ1n) is 4.10. The molecule has 0 spiro atoms. The molecular weight excluding hydrogens is 172 g/mol. The fraction of sp³-hybridized carbons (Fsp3) is 0.625. The van der Waals surface area contributed by atoms with Gasteiger partial charge in [0.1, 0.15) is 0 Å². The van der Waals surface area contributed by atoms with E-state index in [-0.39, 0.29) is 0 Å². The lowest BCUT2D eigenvalue weighted by Gasteiger charge is -2.01. The Morgan fingerprint density at radius 2 is 2.67 bits per heavy atom.